The summed E-state index contributed by atoms with van der Waals surface area (Å²) >= 11 is 0. The second kappa shape index (κ2) is 15.4. The quantitative estimate of drug-likeness (QED) is 0.267. The Morgan fingerprint density at radius 3 is 2.34 bits per heavy atom. The maximum atomic E-state index is 14.2. The third kappa shape index (κ3) is 8.83. The van der Waals surface area contributed by atoms with Gasteiger partial charge in [-0.3, -0.25) is 4.79 Å². The molecule has 0 saturated carbocycles. The van der Waals surface area contributed by atoms with E-state index >= 15 is 0 Å². The summed E-state index contributed by atoms with van der Waals surface area (Å²) in [6, 6.07) is 10.0. The summed E-state index contributed by atoms with van der Waals surface area (Å²) < 4.78 is 34.6. The van der Waals surface area contributed by atoms with E-state index in [1.807, 2.05) is 13.8 Å². The second-order valence-electron chi connectivity index (χ2n) is 10.0. The van der Waals surface area contributed by atoms with Gasteiger partial charge in [-0.15, -0.1) is 0 Å². The summed E-state index contributed by atoms with van der Waals surface area (Å²) in [5, 5.41) is 35.7. The van der Waals surface area contributed by atoms with E-state index in [0.29, 0.717) is 22.5 Å². The van der Waals surface area contributed by atoms with E-state index in [1.54, 1.807) is 13.1 Å². The second-order valence-corrected chi connectivity index (χ2v) is 10.0. The van der Waals surface area contributed by atoms with Crippen molar-refractivity contribution in [1.29, 1.82) is 0 Å². The van der Waals surface area contributed by atoms with Gasteiger partial charge in [0, 0.05) is 42.8 Å². The molecule has 0 saturated heterocycles. The van der Waals surface area contributed by atoms with Gasteiger partial charge < -0.3 is 29.8 Å². The van der Waals surface area contributed by atoms with Gasteiger partial charge in [0.25, 0.3) is 5.91 Å². The molecule has 216 valence electrons. The zero-order valence-electron chi connectivity index (χ0n) is 23.9. The SMILES string of the molecule is COc1c(F)cccc1CN(C)C(=O)c1nn(-c2ccc(F)cc2)c(CC[C@@H](O)C[C@@H](O)CC(=O)[O-])c1C(C)C.[Na+]. The molecule has 2 atom stereocenters. The minimum Gasteiger partial charge on any atom is -0.550 e. The smallest absolute Gasteiger partial charge is 0.550 e. The number of nitrogens with zero attached hydrogens (tertiary/aromatic N) is 3. The fourth-order valence-electron chi connectivity index (χ4n) is 4.69. The molecule has 0 bridgehead atoms. The Hall–Kier alpha value is -2.83. The molecule has 1 amide bonds. The molecule has 1 heterocycles. The van der Waals surface area contributed by atoms with E-state index in [2.05, 4.69) is 5.10 Å². The Labute approximate surface area is 260 Å². The number of carbonyl (C=O) groups is 2. The van der Waals surface area contributed by atoms with Crippen molar-refractivity contribution in [2.24, 2.45) is 0 Å². The first kappa shape index (κ1) is 34.4. The fourth-order valence-corrected chi connectivity index (χ4v) is 4.69. The van der Waals surface area contributed by atoms with E-state index < -0.39 is 42.1 Å². The Bertz CT molecular complexity index is 1330. The van der Waals surface area contributed by atoms with E-state index in [1.165, 1.54) is 53.1 Å². The van der Waals surface area contributed by atoms with Gasteiger partial charge in [-0.1, -0.05) is 26.0 Å². The van der Waals surface area contributed by atoms with Crippen molar-refractivity contribution in [3.63, 3.8) is 0 Å². The number of methoxy groups -OCH3 is 1. The summed E-state index contributed by atoms with van der Waals surface area (Å²) in [6.07, 6.45) is -2.69. The summed E-state index contributed by atoms with van der Waals surface area (Å²) in [6.45, 7) is 3.83. The number of carbonyl (C=O) groups excluding carboxylic acids is 2. The third-order valence-electron chi connectivity index (χ3n) is 6.54. The van der Waals surface area contributed by atoms with E-state index in [9.17, 15) is 33.7 Å². The largest absolute Gasteiger partial charge is 1.00 e. The van der Waals surface area contributed by atoms with Crippen molar-refractivity contribution >= 4 is 11.9 Å². The number of carboxylic acids is 1. The first-order chi connectivity index (χ1) is 18.9. The molecule has 0 aliphatic rings. The predicted octanol–water partition coefficient (Wildman–Crippen LogP) is -0.257. The molecule has 0 spiro atoms. The topological polar surface area (TPSA) is 128 Å². The number of hydrogen-bond donors (Lipinski definition) is 2. The molecule has 1 aromatic heterocycles. The van der Waals surface area contributed by atoms with Gasteiger partial charge in [0.15, 0.2) is 17.3 Å². The van der Waals surface area contributed by atoms with Crippen molar-refractivity contribution < 1.29 is 68.0 Å². The van der Waals surface area contributed by atoms with Gasteiger partial charge in [0.2, 0.25) is 0 Å². The minimum atomic E-state index is -1.42. The number of aliphatic hydroxyl groups is 2. The maximum Gasteiger partial charge on any atom is 1.00 e. The van der Waals surface area contributed by atoms with Crippen LogP contribution in [0.5, 0.6) is 5.75 Å². The van der Waals surface area contributed by atoms with Crippen LogP contribution in [-0.2, 0) is 17.8 Å². The van der Waals surface area contributed by atoms with Crippen molar-refractivity contribution in [2.45, 2.75) is 64.2 Å². The monoisotopic (exact) mass is 581 g/mol. The first-order valence-electron chi connectivity index (χ1n) is 12.9. The number of benzene rings is 2. The molecule has 2 N–H and O–H groups in total. The molecule has 0 aliphatic heterocycles. The number of carboxylic acid groups (broad SMARTS) is 1. The van der Waals surface area contributed by atoms with Crippen LogP contribution in [0.4, 0.5) is 8.78 Å². The Balaban J connectivity index is 0.00000588. The van der Waals surface area contributed by atoms with E-state index in [-0.39, 0.29) is 72.7 Å². The number of para-hydroxylation sites is 1. The summed E-state index contributed by atoms with van der Waals surface area (Å²) in [5.41, 5.74) is 2.35. The van der Waals surface area contributed by atoms with Gasteiger partial charge in [-0.05, 0) is 55.5 Å². The van der Waals surface area contributed by atoms with Gasteiger partial charge in [-0.25, -0.2) is 13.5 Å². The number of aliphatic hydroxyl groups excluding tert-OH is 2. The minimum absolute atomic E-state index is 0. The molecular formula is C29H34F2N3NaO6. The molecular weight excluding hydrogens is 547 g/mol. The number of halogens is 2. The van der Waals surface area contributed by atoms with Crippen molar-refractivity contribution in [3.8, 4) is 11.4 Å². The average Bonchev–Trinajstić information content (AvgIpc) is 3.26. The van der Waals surface area contributed by atoms with Gasteiger partial charge in [0.1, 0.15) is 5.82 Å². The van der Waals surface area contributed by atoms with Crippen LogP contribution >= 0.6 is 0 Å². The van der Waals surface area contributed by atoms with Crippen LogP contribution in [0.2, 0.25) is 0 Å². The Morgan fingerprint density at radius 2 is 1.76 bits per heavy atom. The number of ether oxygens (including phenoxy) is 1. The molecule has 41 heavy (non-hydrogen) atoms. The van der Waals surface area contributed by atoms with Crippen LogP contribution in [0.3, 0.4) is 0 Å². The van der Waals surface area contributed by atoms with Gasteiger partial charge in [0.05, 0.1) is 25.0 Å². The summed E-state index contributed by atoms with van der Waals surface area (Å²) in [7, 11) is 2.92. The Kier molecular flexibility index (Phi) is 12.9. The normalized spacial score (nSPS) is 12.5. The number of rotatable bonds is 13. The fraction of sp³-hybridized carbons (Fsp3) is 0.414. The Morgan fingerprint density at radius 1 is 1.10 bits per heavy atom. The molecule has 12 heteroatoms. The van der Waals surface area contributed by atoms with Gasteiger partial charge >= 0.3 is 29.6 Å². The van der Waals surface area contributed by atoms with Gasteiger partial charge in [-0.2, -0.15) is 5.10 Å². The molecule has 3 rings (SSSR count). The maximum absolute atomic E-state index is 14.2. The zero-order chi connectivity index (χ0) is 29.6. The number of aromatic nitrogens is 2. The van der Waals surface area contributed by atoms with Crippen LogP contribution in [0, 0.1) is 11.6 Å². The number of amides is 1. The molecule has 0 radical (unpaired) electrons. The summed E-state index contributed by atoms with van der Waals surface area (Å²) in [4.78, 5) is 25.9. The van der Waals surface area contributed by atoms with Crippen LogP contribution in [0.1, 0.15) is 66.3 Å². The van der Waals surface area contributed by atoms with Crippen LogP contribution in [0.25, 0.3) is 5.69 Å². The summed E-state index contributed by atoms with van der Waals surface area (Å²) in [5.74, 6) is -2.98. The predicted molar refractivity (Wildman–Crippen MR) is 141 cm³/mol. The van der Waals surface area contributed by atoms with Crippen molar-refractivity contribution in [2.75, 3.05) is 14.2 Å². The average molecular weight is 582 g/mol. The van der Waals surface area contributed by atoms with Crippen LogP contribution < -0.4 is 39.4 Å². The molecule has 2 aromatic carbocycles. The van der Waals surface area contributed by atoms with E-state index in [4.69, 9.17) is 4.74 Å². The first-order valence-corrected chi connectivity index (χ1v) is 12.9. The zero-order valence-corrected chi connectivity index (χ0v) is 25.9. The van der Waals surface area contributed by atoms with Crippen molar-refractivity contribution in [3.05, 3.63) is 76.6 Å². The molecule has 0 aliphatic carbocycles. The van der Waals surface area contributed by atoms with Crippen LogP contribution in [-0.4, -0.2) is 63.1 Å². The van der Waals surface area contributed by atoms with E-state index in [0.717, 1.165) is 0 Å². The van der Waals surface area contributed by atoms with Crippen molar-refractivity contribution in [1.82, 2.24) is 14.7 Å². The standard InChI is InChI=1S/C29H35F2N3O6.Na/c1-17(2)26-24(13-12-21(35)14-22(36)15-25(37)38)34(20-10-8-19(30)9-11-20)32-27(26)29(39)33(3)16-18-6-5-7-23(31)28(18)40-4;/h5-11,17,21-22,35-36H,12-16H2,1-4H3,(H,37,38);/q;+1/p-1/t21-,22-;/m1./s1. The number of hydrogen-bond acceptors (Lipinski definition) is 7. The molecule has 0 unspecified atom stereocenters. The molecule has 0 fully saturated rings. The molecule has 3 aromatic rings. The number of aliphatic carboxylic acids is 1. The molecule has 9 nitrogen and oxygen atoms in total. The van der Waals surface area contributed by atoms with Crippen LogP contribution in [0.15, 0.2) is 42.5 Å². The third-order valence-corrected chi connectivity index (χ3v) is 6.54.